The average Bonchev–Trinajstić information content (AvgIpc) is 2.03. The van der Waals surface area contributed by atoms with E-state index in [2.05, 4.69) is 0 Å². The average molecular weight is 204 g/mol. The van der Waals surface area contributed by atoms with Gasteiger partial charge in [0.05, 0.1) is 13.1 Å². The highest BCUT2D eigenvalue weighted by molar-refractivity contribution is 7.63. The largest absolute Gasteiger partial charge is 0.481 e. The molecule has 1 aliphatic carbocycles. The van der Waals surface area contributed by atoms with Gasteiger partial charge < -0.3 is 9.67 Å². The number of carboxylic acid groups (broad SMARTS) is 1. The summed E-state index contributed by atoms with van der Waals surface area (Å²) in [5.74, 6) is -1.14. The number of aliphatic carboxylic acids is 1. The van der Waals surface area contributed by atoms with Gasteiger partial charge in [0.25, 0.3) is 0 Å². The normalized spacial score (nSPS) is 30.0. The third-order valence-corrected chi connectivity index (χ3v) is 5.06. The third-order valence-electron chi connectivity index (χ3n) is 2.85. The van der Waals surface area contributed by atoms with Crippen LogP contribution in [-0.4, -0.2) is 30.1 Å². The van der Waals surface area contributed by atoms with Gasteiger partial charge in [-0.05, 0) is 26.2 Å². The Balaban J connectivity index is 2.79. The molecule has 4 heteroatoms. The highest BCUT2D eigenvalue weighted by atomic mass is 31.2. The molecule has 1 N–H and O–H groups in total. The van der Waals surface area contributed by atoms with Crippen molar-refractivity contribution in [3.63, 3.8) is 0 Å². The second-order valence-corrected chi connectivity index (χ2v) is 7.76. The molecule has 0 heterocycles. The van der Waals surface area contributed by atoms with Crippen LogP contribution in [0.2, 0.25) is 0 Å². The second-order valence-electron chi connectivity index (χ2n) is 4.23. The summed E-state index contributed by atoms with van der Waals surface area (Å²) in [5.41, 5.74) is -0.0845. The predicted molar refractivity (Wildman–Crippen MR) is 52.8 cm³/mol. The first-order valence-electron chi connectivity index (χ1n) is 4.70. The molecule has 0 amide bonds. The lowest BCUT2D eigenvalue weighted by atomic mass is 9.89. The fourth-order valence-corrected chi connectivity index (χ4v) is 4.09. The lowest BCUT2D eigenvalue weighted by Crippen LogP contribution is -2.31. The molecule has 13 heavy (non-hydrogen) atoms. The van der Waals surface area contributed by atoms with Gasteiger partial charge in [0.15, 0.2) is 0 Å². The van der Waals surface area contributed by atoms with Gasteiger partial charge in [0.2, 0.25) is 0 Å². The first-order valence-corrected chi connectivity index (χ1v) is 7.37. The summed E-state index contributed by atoms with van der Waals surface area (Å²) in [6, 6.07) is 0. The van der Waals surface area contributed by atoms with Crippen LogP contribution in [0.1, 0.15) is 25.7 Å². The summed E-state index contributed by atoms with van der Waals surface area (Å²) in [6.07, 6.45) is 3.51. The van der Waals surface area contributed by atoms with Crippen molar-refractivity contribution in [3.8, 4) is 0 Å². The minimum atomic E-state index is -2.23. The first kappa shape index (κ1) is 10.8. The highest BCUT2D eigenvalue weighted by Gasteiger charge is 2.37. The van der Waals surface area contributed by atoms with Crippen LogP contribution in [0.15, 0.2) is 0 Å². The maximum atomic E-state index is 11.8. The molecule has 0 aromatic heterocycles. The zero-order valence-corrected chi connectivity index (χ0v) is 9.09. The third kappa shape index (κ3) is 2.57. The molecule has 0 aromatic carbocycles. The van der Waals surface area contributed by atoms with Crippen LogP contribution in [0.5, 0.6) is 0 Å². The van der Waals surface area contributed by atoms with Gasteiger partial charge in [0.1, 0.15) is 0 Å². The highest BCUT2D eigenvalue weighted by Crippen LogP contribution is 2.51. The fourth-order valence-electron chi connectivity index (χ4n) is 2.14. The SMILES string of the molecule is CP(C)(=O)C1CCCCC1C(=O)O. The Morgan fingerprint density at radius 1 is 1.31 bits per heavy atom. The van der Waals surface area contributed by atoms with Gasteiger partial charge in [0, 0.05) is 5.66 Å². The predicted octanol–water partition coefficient (Wildman–Crippen LogP) is 2.25. The van der Waals surface area contributed by atoms with Crippen molar-refractivity contribution in [2.75, 3.05) is 13.3 Å². The summed E-state index contributed by atoms with van der Waals surface area (Å²) >= 11 is 0. The molecule has 2 unspecified atom stereocenters. The molecular formula is C9H17O3P. The minimum absolute atomic E-state index is 0.0845. The van der Waals surface area contributed by atoms with Crippen LogP contribution < -0.4 is 0 Å². The van der Waals surface area contributed by atoms with Crippen LogP contribution in [0.3, 0.4) is 0 Å². The number of carboxylic acids is 1. The van der Waals surface area contributed by atoms with E-state index in [9.17, 15) is 9.36 Å². The fraction of sp³-hybridized carbons (Fsp3) is 0.889. The quantitative estimate of drug-likeness (QED) is 0.702. The van der Waals surface area contributed by atoms with E-state index in [1.807, 2.05) is 0 Å². The molecule has 1 fully saturated rings. The Morgan fingerprint density at radius 3 is 2.23 bits per heavy atom. The molecule has 0 aromatic rings. The van der Waals surface area contributed by atoms with Crippen LogP contribution in [0.4, 0.5) is 0 Å². The Bertz CT molecular complexity index is 243. The lowest BCUT2D eigenvalue weighted by Gasteiger charge is -2.31. The van der Waals surface area contributed by atoms with Crippen molar-refractivity contribution in [2.24, 2.45) is 5.92 Å². The molecule has 0 saturated heterocycles. The maximum Gasteiger partial charge on any atom is 0.307 e. The molecule has 2 atom stereocenters. The summed E-state index contributed by atoms with van der Waals surface area (Å²) in [7, 11) is -2.23. The Labute approximate surface area is 78.9 Å². The maximum absolute atomic E-state index is 11.8. The molecule has 0 aliphatic heterocycles. The first-order chi connectivity index (χ1) is 5.93. The number of carbonyl (C=O) groups is 1. The van der Waals surface area contributed by atoms with E-state index in [0.29, 0.717) is 6.42 Å². The van der Waals surface area contributed by atoms with Gasteiger partial charge in [-0.2, -0.15) is 0 Å². The summed E-state index contributed by atoms with van der Waals surface area (Å²) in [5, 5.41) is 8.95. The van der Waals surface area contributed by atoms with Gasteiger partial charge in [-0.3, -0.25) is 4.79 Å². The van der Waals surface area contributed by atoms with E-state index < -0.39 is 13.1 Å². The van der Waals surface area contributed by atoms with Crippen molar-refractivity contribution < 1.29 is 14.5 Å². The molecule has 0 radical (unpaired) electrons. The summed E-state index contributed by atoms with van der Waals surface area (Å²) in [4.78, 5) is 10.9. The van der Waals surface area contributed by atoms with Crippen molar-refractivity contribution in [3.05, 3.63) is 0 Å². The molecule has 3 nitrogen and oxygen atoms in total. The molecular weight excluding hydrogens is 187 g/mol. The number of hydrogen-bond donors (Lipinski definition) is 1. The zero-order valence-electron chi connectivity index (χ0n) is 8.19. The van der Waals surface area contributed by atoms with E-state index >= 15 is 0 Å². The summed E-state index contributed by atoms with van der Waals surface area (Å²) < 4.78 is 11.8. The van der Waals surface area contributed by atoms with Crippen molar-refractivity contribution in [1.82, 2.24) is 0 Å². The van der Waals surface area contributed by atoms with E-state index in [4.69, 9.17) is 5.11 Å². The van der Waals surface area contributed by atoms with Gasteiger partial charge in [-0.25, -0.2) is 0 Å². The van der Waals surface area contributed by atoms with Crippen molar-refractivity contribution in [2.45, 2.75) is 31.3 Å². The van der Waals surface area contributed by atoms with E-state index in [1.165, 1.54) is 0 Å². The van der Waals surface area contributed by atoms with Gasteiger partial charge in [-0.1, -0.05) is 12.8 Å². The van der Waals surface area contributed by atoms with Crippen molar-refractivity contribution >= 4 is 13.1 Å². The van der Waals surface area contributed by atoms with E-state index in [0.717, 1.165) is 19.3 Å². The molecule has 76 valence electrons. The minimum Gasteiger partial charge on any atom is -0.481 e. The monoisotopic (exact) mass is 204 g/mol. The van der Waals surface area contributed by atoms with Crippen LogP contribution in [-0.2, 0) is 9.36 Å². The lowest BCUT2D eigenvalue weighted by molar-refractivity contribution is -0.142. The summed E-state index contributed by atoms with van der Waals surface area (Å²) in [6.45, 7) is 3.41. The van der Waals surface area contributed by atoms with Crippen LogP contribution in [0.25, 0.3) is 0 Å². The van der Waals surface area contributed by atoms with E-state index in [1.54, 1.807) is 13.3 Å². The molecule has 1 rings (SSSR count). The van der Waals surface area contributed by atoms with E-state index in [-0.39, 0.29) is 11.6 Å². The van der Waals surface area contributed by atoms with Gasteiger partial charge in [-0.15, -0.1) is 0 Å². The standard InChI is InChI=1S/C9H17O3P/c1-13(2,12)8-6-4-3-5-7(8)9(10)11/h7-8H,3-6H2,1-2H3,(H,10,11). The number of rotatable bonds is 2. The van der Waals surface area contributed by atoms with Gasteiger partial charge >= 0.3 is 5.97 Å². The molecule has 0 bridgehead atoms. The topological polar surface area (TPSA) is 54.4 Å². The van der Waals surface area contributed by atoms with Crippen molar-refractivity contribution in [1.29, 1.82) is 0 Å². The Kier molecular flexibility index (Phi) is 3.18. The number of hydrogen-bond acceptors (Lipinski definition) is 2. The Hall–Kier alpha value is -0.300. The molecule has 1 saturated carbocycles. The zero-order chi connectivity index (χ0) is 10.1. The molecule has 0 spiro atoms. The second kappa shape index (κ2) is 3.83. The smallest absolute Gasteiger partial charge is 0.307 e. The molecule has 1 aliphatic rings. The Morgan fingerprint density at radius 2 is 1.85 bits per heavy atom. The van der Waals surface area contributed by atoms with Crippen LogP contribution >= 0.6 is 7.14 Å². The van der Waals surface area contributed by atoms with Crippen LogP contribution in [0, 0.1) is 5.92 Å².